The van der Waals surface area contributed by atoms with E-state index in [9.17, 15) is 9.90 Å². The van der Waals surface area contributed by atoms with Gasteiger partial charge in [0.25, 0.3) is 0 Å². The minimum absolute atomic E-state index is 0.0323. The van der Waals surface area contributed by atoms with Crippen LogP contribution in [0.1, 0.15) is 40.0 Å². The van der Waals surface area contributed by atoms with Gasteiger partial charge in [-0.2, -0.15) is 0 Å². The average Bonchev–Trinajstić information content (AvgIpc) is 2.90. The Morgan fingerprint density at radius 1 is 1.42 bits per heavy atom. The third kappa shape index (κ3) is 2.32. The standard InChI is InChI=1S/C15H25NO3/c1-4-19-12-9-15(10-17,14(12,2)3)16-13(18)11-7-5-6-8-11/h5-6,11-12,17H,4,7-10H2,1-3H3,(H,16,18). The quantitative estimate of drug-likeness (QED) is 0.744. The molecule has 4 heteroatoms. The normalized spacial score (nSPS) is 33.2. The Balaban J connectivity index is 2.02. The summed E-state index contributed by atoms with van der Waals surface area (Å²) in [6, 6.07) is 0. The molecule has 108 valence electrons. The van der Waals surface area contributed by atoms with Crippen molar-refractivity contribution in [3.05, 3.63) is 12.2 Å². The first kappa shape index (κ1) is 14.5. The summed E-state index contributed by atoms with van der Waals surface area (Å²) in [4.78, 5) is 12.3. The van der Waals surface area contributed by atoms with Crippen LogP contribution in [0.15, 0.2) is 12.2 Å². The molecule has 0 aliphatic heterocycles. The zero-order valence-electron chi connectivity index (χ0n) is 12.1. The van der Waals surface area contributed by atoms with Gasteiger partial charge in [-0.15, -0.1) is 0 Å². The zero-order valence-corrected chi connectivity index (χ0v) is 12.1. The van der Waals surface area contributed by atoms with E-state index in [-0.39, 0.29) is 30.0 Å². The van der Waals surface area contributed by atoms with E-state index in [1.54, 1.807) is 0 Å². The van der Waals surface area contributed by atoms with Gasteiger partial charge in [0.1, 0.15) is 0 Å². The molecular weight excluding hydrogens is 242 g/mol. The van der Waals surface area contributed by atoms with Crippen molar-refractivity contribution < 1.29 is 14.6 Å². The van der Waals surface area contributed by atoms with Gasteiger partial charge < -0.3 is 15.2 Å². The number of allylic oxidation sites excluding steroid dienone is 2. The molecule has 2 unspecified atom stereocenters. The topological polar surface area (TPSA) is 58.6 Å². The van der Waals surface area contributed by atoms with Gasteiger partial charge in [0.15, 0.2) is 0 Å². The summed E-state index contributed by atoms with van der Waals surface area (Å²) in [7, 11) is 0. The molecule has 2 aliphatic carbocycles. The summed E-state index contributed by atoms with van der Waals surface area (Å²) in [6.07, 6.45) is 6.50. The smallest absolute Gasteiger partial charge is 0.224 e. The highest BCUT2D eigenvalue weighted by Gasteiger charge is 2.61. The fraction of sp³-hybridized carbons (Fsp3) is 0.800. The van der Waals surface area contributed by atoms with Crippen molar-refractivity contribution in [2.24, 2.45) is 11.3 Å². The molecule has 0 spiro atoms. The van der Waals surface area contributed by atoms with Crippen LogP contribution in [-0.2, 0) is 9.53 Å². The summed E-state index contributed by atoms with van der Waals surface area (Å²) in [5, 5.41) is 12.9. The Bertz CT molecular complexity index is 370. The highest BCUT2D eigenvalue weighted by molar-refractivity contribution is 5.80. The summed E-state index contributed by atoms with van der Waals surface area (Å²) < 4.78 is 5.68. The number of carbonyl (C=O) groups is 1. The minimum atomic E-state index is -0.535. The molecule has 0 saturated heterocycles. The summed E-state index contributed by atoms with van der Waals surface area (Å²) in [5.74, 6) is 0.0902. The molecule has 2 aliphatic rings. The second-order valence-electron chi connectivity index (χ2n) is 6.24. The SMILES string of the molecule is CCOC1CC(CO)(NC(=O)C2CC=CC2)C1(C)C. The summed E-state index contributed by atoms with van der Waals surface area (Å²) in [6.45, 7) is 6.71. The Morgan fingerprint density at radius 3 is 2.53 bits per heavy atom. The van der Waals surface area contributed by atoms with Gasteiger partial charge in [-0.25, -0.2) is 0 Å². The number of nitrogens with one attached hydrogen (secondary N) is 1. The van der Waals surface area contributed by atoms with Crippen molar-refractivity contribution in [3.63, 3.8) is 0 Å². The van der Waals surface area contributed by atoms with Crippen LogP contribution in [0.2, 0.25) is 0 Å². The van der Waals surface area contributed by atoms with Crippen LogP contribution in [0.25, 0.3) is 0 Å². The number of carbonyl (C=O) groups excluding carboxylic acids is 1. The summed E-state index contributed by atoms with van der Waals surface area (Å²) in [5.41, 5.74) is -0.772. The van der Waals surface area contributed by atoms with Gasteiger partial charge in [0.05, 0.1) is 18.2 Å². The van der Waals surface area contributed by atoms with Gasteiger partial charge in [-0.3, -0.25) is 4.79 Å². The van der Waals surface area contributed by atoms with Crippen molar-refractivity contribution >= 4 is 5.91 Å². The lowest BCUT2D eigenvalue weighted by atomic mass is 9.54. The van der Waals surface area contributed by atoms with E-state index in [0.717, 1.165) is 12.8 Å². The second-order valence-corrected chi connectivity index (χ2v) is 6.24. The second kappa shape index (κ2) is 5.25. The fourth-order valence-electron chi connectivity index (χ4n) is 3.17. The highest BCUT2D eigenvalue weighted by Crippen LogP contribution is 2.51. The Hall–Kier alpha value is -0.870. The molecule has 2 N–H and O–H groups in total. The maximum atomic E-state index is 12.3. The van der Waals surface area contributed by atoms with Crippen LogP contribution in [-0.4, -0.2) is 35.9 Å². The Labute approximate surface area is 115 Å². The first-order chi connectivity index (χ1) is 8.97. The van der Waals surface area contributed by atoms with E-state index in [4.69, 9.17) is 4.74 Å². The van der Waals surface area contributed by atoms with Crippen LogP contribution in [0.4, 0.5) is 0 Å². The molecule has 0 aromatic carbocycles. The van der Waals surface area contributed by atoms with E-state index >= 15 is 0 Å². The van der Waals surface area contributed by atoms with Crippen LogP contribution in [0.5, 0.6) is 0 Å². The van der Waals surface area contributed by atoms with Gasteiger partial charge in [0, 0.05) is 24.4 Å². The maximum absolute atomic E-state index is 12.3. The number of amides is 1. The van der Waals surface area contributed by atoms with E-state index in [0.29, 0.717) is 13.0 Å². The van der Waals surface area contributed by atoms with Crippen molar-refractivity contribution in [2.45, 2.75) is 51.7 Å². The monoisotopic (exact) mass is 267 g/mol. The lowest BCUT2D eigenvalue weighted by molar-refractivity contribution is -0.182. The van der Waals surface area contributed by atoms with Crippen LogP contribution in [0, 0.1) is 11.3 Å². The molecule has 1 saturated carbocycles. The predicted molar refractivity (Wildman–Crippen MR) is 73.6 cm³/mol. The molecule has 4 nitrogen and oxygen atoms in total. The van der Waals surface area contributed by atoms with Crippen molar-refractivity contribution in [1.82, 2.24) is 5.32 Å². The molecule has 0 radical (unpaired) electrons. The highest BCUT2D eigenvalue weighted by atomic mass is 16.5. The van der Waals surface area contributed by atoms with Crippen LogP contribution < -0.4 is 5.32 Å². The lowest BCUT2D eigenvalue weighted by Crippen LogP contribution is -2.74. The first-order valence-corrected chi connectivity index (χ1v) is 7.16. The fourth-order valence-corrected chi connectivity index (χ4v) is 3.17. The molecule has 2 rings (SSSR count). The molecule has 0 heterocycles. The zero-order chi connectivity index (χ0) is 14.1. The third-order valence-corrected chi connectivity index (χ3v) is 4.95. The van der Waals surface area contributed by atoms with E-state index in [1.165, 1.54) is 0 Å². The van der Waals surface area contributed by atoms with Gasteiger partial charge >= 0.3 is 0 Å². The molecular formula is C15H25NO3. The number of hydrogen-bond acceptors (Lipinski definition) is 3. The predicted octanol–water partition coefficient (Wildman–Crippen LogP) is 1.63. The minimum Gasteiger partial charge on any atom is -0.394 e. The van der Waals surface area contributed by atoms with Crippen LogP contribution >= 0.6 is 0 Å². The van der Waals surface area contributed by atoms with Gasteiger partial charge in [-0.05, 0) is 19.8 Å². The Kier molecular flexibility index (Phi) is 4.02. The third-order valence-electron chi connectivity index (χ3n) is 4.95. The molecule has 0 bridgehead atoms. The number of hydrogen-bond donors (Lipinski definition) is 2. The van der Waals surface area contributed by atoms with E-state index < -0.39 is 5.54 Å². The van der Waals surface area contributed by atoms with Crippen molar-refractivity contribution in [1.29, 1.82) is 0 Å². The maximum Gasteiger partial charge on any atom is 0.224 e. The molecule has 2 atom stereocenters. The Morgan fingerprint density at radius 2 is 2.05 bits per heavy atom. The summed E-state index contributed by atoms with van der Waals surface area (Å²) >= 11 is 0. The number of aliphatic hydroxyl groups is 1. The van der Waals surface area contributed by atoms with E-state index in [1.807, 2.05) is 19.1 Å². The molecule has 1 fully saturated rings. The molecule has 1 amide bonds. The first-order valence-electron chi connectivity index (χ1n) is 7.16. The van der Waals surface area contributed by atoms with Gasteiger partial charge in [0.2, 0.25) is 5.91 Å². The average molecular weight is 267 g/mol. The number of aliphatic hydroxyl groups excluding tert-OH is 1. The molecule has 19 heavy (non-hydrogen) atoms. The molecule has 0 aromatic heterocycles. The molecule has 0 aromatic rings. The van der Waals surface area contributed by atoms with Crippen molar-refractivity contribution in [2.75, 3.05) is 13.2 Å². The lowest BCUT2D eigenvalue weighted by Gasteiger charge is -2.60. The largest absolute Gasteiger partial charge is 0.394 e. The van der Waals surface area contributed by atoms with Gasteiger partial charge in [-0.1, -0.05) is 26.0 Å². The van der Waals surface area contributed by atoms with Crippen LogP contribution in [0.3, 0.4) is 0 Å². The van der Waals surface area contributed by atoms with Crippen molar-refractivity contribution in [3.8, 4) is 0 Å². The number of rotatable bonds is 5. The number of ether oxygens (including phenoxy) is 1. The van der Waals surface area contributed by atoms with E-state index in [2.05, 4.69) is 19.2 Å².